The summed E-state index contributed by atoms with van der Waals surface area (Å²) in [7, 11) is -3.51. The molecular weight excluding hydrogens is 392 g/mol. The van der Waals surface area contributed by atoms with Crippen LogP contribution in [0.3, 0.4) is 0 Å². The SMILES string of the molecule is CCN(CC)S(=O)(=O)c1ccc(CCC(=O)OC(C(N)=O)c2ccccc2)cc1. The zero-order valence-corrected chi connectivity index (χ0v) is 17.4. The average molecular weight is 419 g/mol. The van der Waals surface area contributed by atoms with Gasteiger partial charge in [0.1, 0.15) is 0 Å². The molecule has 29 heavy (non-hydrogen) atoms. The topological polar surface area (TPSA) is 107 Å². The number of nitrogens with two attached hydrogens (primary N) is 1. The summed E-state index contributed by atoms with van der Waals surface area (Å²) in [6.45, 7) is 4.37. The second-order valence-corrected chi connectivity index (χ2v) is 8.35. The van der Waals surface area contributed by atoms with Crippen LogP contribution >= 0.6 is 0 Å². The standard InChI is InChI=1S/C21H26N2O5S/c1-3-23(4-2)29(26,27)18-13-10-16(11-14-18)12-15-19(24)28-20(21(22)25)17-8-6-5-7-9-17/h5-11,13-14,20H,3-4,12,15H2,1-2H3,(H2,22,25). The number of rotatable bonds is 10. The number of sulfonamides is 1. The number of ether oxygens (including phenoxy) is 1. The molecule has 0 saturated heterocycles. The van der Waals surface area contributed by atoms with Crippen molar-refractivity contribution in [2.45, 2.75) is 37.7 Å². The Bertz CT molecular complexity index is 923. The molecule has 0 fully saturated rings. The number of hydrogen-bond acceptors (Lipinski definition) is 5. The maximum absolute atomic E-state index is 12.5. The van der Waals surface area contributed by atoms with E-state index in [1.807, 2.05) is 0 Å². The lowest BCUT2D eigenvalue weighted by atomic mass is 10.1. The molecule has 2 N–H and O–H groups in total. The van der Waals surface area contributed by atoms with Crippen LogP contribution in [0, 0.1) is 0 Å². The fourth-order valence-corrected chi connectivity index (χ4v) is 4.35. The Hall–Kier alpha value is -2.71. The van der Waals surface area contributed by atoms with E-state index < -0.39 is 28.0 Å². The molecule has 2 rings (SSSR count). The minimum atomic E-state index is -3.51. The van der Waals surface area contributed by atoms with Crippen molar-refractivity contribution in [3.63, 3.8) is 0 Å². The zero-order valence-electron chi connectivity index (χ0n) is 16.6. The summed E-state index contributed by atoms with van der Waals surface area (Å²) in [5.41, 5.74) is 6.65. The lowest BCUT2D eigenvalue weighted by molar-refractivity contribution is -0.155. The minimum absolute atomic E-state index is 0.0404. The number of hydrogen-bond donors (Lipinski definition) is 1. The molecule has 1 unspecified atom stereocenters. The number of amides is 1. The summed E-state index contributed by atoms with van der Waals surface area (Å²) in [6.07, 6.45) is -0.742. The van der Waals surface area contributed by atoms with Crippen LogP contribution in [0.4, 0.5) is 0 Å². The van der Waals surface area contributed by atoms with Gasteiger partial charge in [0, 0.05) is 25.1 Å². The van der Waals surface area contributed by atoms with Crippen molar-refractivity contribution in [1.82, 2.24) is 4.31 Å². The maximum Gasteiger partial charge on any atom is 0.307 e. The van der Waals surface area contributed by atoms with Gasteiger partial charge in [-0.15, -0.1) is 0 Å². The second-order valence-electron chi connectivity index (χ2n) is 6.42. The number of carbonyl (C=O) groups is 2. The van der Waals surface area contributed by atoms with Gasteiger partial charge in [-0.25, -0.2) is 8.42 Å². The smallest absolute Gasteiger partial charge is 0.307 e. The highest BCUT2D eigenvalue weighted by molar-refractivity contribution is 7.89. The largest absolute Gasteiger partial charge is 0.447 e. The normalized spacial score (nSPS) is 12.5. The van der Waals surface area contributed by atoms with Crippen molar-refractivity contribution >= 4 is 21.9 Å². The number of carbonyl (C=O) groups excluding carboxylic acids is 2. The lowest BCUT2D eigenvalue weighted by Gasteiger charge is -2.18. The van der Waals surface area contributed by atoms with Gasteiger partial charge in [0.15, 0.2) is 0 Å². The molecule has 0 heterocycles. The van der Waals surface area contributed by atoms with Crippen molar-refractivity contribution in [1.29, 1.82) is 0 Å². The summed E-state index contributed by atoms with van der Waals surface area (Å²) >= 11 is 0. The van der Waals surface area contributed by atoms with Crippen LogP contribution in [0.1, 0.15) is 37.5 Å². The molecule has 2 aromatic carbocycles. The molecule has 1 amide bonds. The van der Waals surface area contributed by atoms with Gasteiger partial charge in [-0.3, -0.25) is 9.59 Å². The van der Waals surface area contributed by atoms with E-state index in [-0.39, 0.29) is 11.3 Å². The summed E-state index contributed by atoms with van der Waals surface area (Å²) in [5, 5.41) is 0. The highest BCUT2D eigenvalue weighted by Gasteiger charge is 2.23. The Kier molecular flexibility index (Phi) is 7.92. The summed E-state index contributed by atoms with van der Waals surface area (Å²) in [5.74, 6) is -1.30. The number of benzene rings is 2. The summed E-state index contributed by atoms with van der Waals surface area (Å²) in [6, 6.07) is 15.0. The van der Waals surface area contributed by atoms with Crippen molar-refractivity contribution in [3.8, 4) is 0 Å². The summed E-state index contributed by atoms with van der Waals surface area (Å²) < 4.78 is 31.6. The van der Waals surface area contributed by atoms with Gasteiger partial charge in [0.2, 0.25) is 16.1 Å². The molecule has 0 saturated carbocycles. The molecule has 0 aromatic heterocycles. The van der Waals surface area contributed by atoms with E-state index in [4.69, 9.17) is 10.5 Å². The van der Waals surface area contributed by atoms with Crippen molar-refractivity contribution in [2.24, 2.45) is 5.73 Å². The Balaban J connectivity index is 1.99. The monoisotopic (exact) mass is 418 g/mol. The van der Waals surface area contributed by atoms with Gasteiger partial charge in [0.05, 0.1) is 4.90 Å². The maximum atomic E-state index is 12.5. The predicted octanol–water partition coefficient (Wildman–Crippen LogP) is 2.42. The van der Waals surface area contributed by atoms with Crippen LogP contribution in [0.5, 0.6) is 0 Å². The molecule has 0 aliphatic carbocycles. The highest BCUT2D eigenvalue weighted by Crippen LogP contribution is 2.19. The van der Waals surface area contributed by atoms with Gasteiger partial charge in [-0.1, -0.05) is 56.3 Å². The minimum Gasteiger partial charge on any atom is -0.447 e. The predicted molar refractivity (Wildman–Crippen MR) is 109 cm³/mol. The van der Waals surface area contributed by atoms with Crippen LogP contribution in [-0.4, -0.2) is 37.7 Å². The Morgan fingerprint density at radius 2 is 1.59 bits per heavy atom. The third-order valence-electron chi connectivity index (χ3n) is 4.49. The Labute approximate surface area is 171 Å². The first-order valence-corrected chi connectivity index (χ1v) is 10.9. The molecule has 0 radical (unpaired) electrons. The van der Waals surface area contributed by atoms with Crippen LogP contribution in [0.2, 0.25) is 0 Å². The molecule has 8 heteroatoms. The molecule has 2 aromatic rings. The number of esters is 1. The molecule has 0 spiro atoms. The molecule has 0 aliphatic rings. The molecular formula is C21H26N2O5S. The molecule has 7 nitrogen and oxygen atoms in total. The van der Waals surface area contributed by atoms with E-state index in [1.54, 1.807) is 56.3 Å². The second kappa shape index (κ2) is 10.2. The fraction of sp³-hybridized carbons (Fsp3) is 0.333. The van der Waals surface area contributed by atoms with E-state index in [2.05, 4.69) is 0 Å². The summed E-state index contributed by atoms with van der Waals surface area (Å²) in [4.78, 5) is 24.0. The van der Waals surface area contributed by atoms with E-state index >= 15 is 0 Å². The van der Waals surface area contributed by atoms with Crippen molar-refractivity contribution in [2.75, 3.05) is 13.1 Å². The first kappa shape index (κ1) is 22.6. The van der Waals surface area contributed by atoms with Crippen LogP contribution in [-0.2, 0) is 30.8 Å². The lowest BCUT2D eigenvalue weighted by Crippen LogP contribution is -2.30. The van der Waals surface area contributed by atoms with E-state index in [0.29, 0.717) is 25.1 Å². The highest BCUT2D eigenvalue weighted by atomic mass is 32.2. The molecule has 1 atom stereocenters. The van der Waals surface area contributed by atoms with E-state index in [1.165, 1.54) is 16.4 Å². The number of primary amides is 1. The van der Waals surface area contributed by atoms with Gasteiger partial charge >= 0.3 is 5.97 Å². The number of nitrogens with zero attached hydrogens (tertiary/aromatic N) is 1. The van der Waals surface area contributed by atoms with Gasteiger partial charge in [-0.05, 0) is 24.1 Å². The fourth-order valence-electron chi connectivity index (χ4n) is 2.90. The van der Waals surface area contributed by atoms with Crippen molar-refractivity contribution in [3.05, 3.63) is 65.7 Å². The van der Waals surface area contributed by atoms with Gasteiger partial charge < -0.3 is 10.5 Å². The molecule has 0 aliphatic heterocycles. The van der Waals surface area contributed by atoms with Gasteiger partial charge in [-0.2, -0.15) is 4.31 Å². The average Bonchev–Trinajstić information content (AvgIpc) is 2.72. The van der Waals surface area contributed by atoms with E-state index in [0.717, 1.165) is 5.56 Å². The Morgan fingerprint density at radius 3 is 2.10 bits per heavy atom. The number of aryl methyl sites for hydroxylation is 1. The first-order valence-electron chi connectivity index (χ1n) is 9.42. The van der Waals surface area contributed by atoms with Crippen LogP contribution in [0.15, 0.2) is 59.5 Å². The van der Waals surface area contributed by atoms with Crippen LogP contribution < -0.4 is 5.73 Å². The molecule has 0 bridgehead atoms. The first-order chi connectivity index (χ1) is 13.8. The third-order valence-corrected chi connectivity index (χ3v) is 6.56. The Morgan fingerprint density at radius 1 is 1.00 bits per heavy atom. The zero-order chi connectivity index (χ0) is 21.4. The van der Waals surface area contributed by atoms with E-state index in [9.17, 15) is 18.0 Å². The van der Waals surface area contributed by atoms with Crippen molar-refractivity contribution < 1.29 is 22.7 Å². The van der Waals surface area contributed by atoms with Gasteiger partial charge in [0.25, 0.3) is 5.91 Å². The quantitative estimate of drug-likeness (QED) is 0.596. The molecule has 156 valence electrons. The third kappa shape index (κ3) is 5.88. The van der Waals surface area contributed by atoms with Crippen LogP contribution in [0.25, 0.3) is 0 Å².